The van der Waals surface area contributed by atoms with Crippen molar-refractivity contribution < 1.29 is 13.2 Å². The minimum Gasteiger partial charge on any atom is -0.341 e. The number of aryl methyl sites for hydroxylation is 1. The topological polar surface area (TPSA) is 60.9 Å². The molecule has 0 unspecified atom stereocenters. The molecule has 0 bridgehead atoms. The second-order valence-electron chi connectivity index (χ2n) is 7.51. The summed E-state index contributed by atoms with van der Waals surface area (Å²) in [6.45, 7) is 5.30. The number of sulfonamides is 1. The maximum absolute atomic E-state index is 13.3. The second-order valence-corrected chi connectivity index (χ2v) is 9.38. The molecule has 7 heteroatoms. The number of nitrogens with zero attached hydrogens (tertiary/aromatic N) is 3. The number of amides is 1. The van der Waals surface area contributed by atoms with Crippen molar-refractivity contribution in [1.82, 2.24) is 9.80 Å². The molecule has 29 heavy (non-hydrogen) atoms. The molecule has 1 amide bonds. The quantitative estimate of drug-likeness (QED) is 0.728. The molecule has 1 saturated heterocycles. The van der Waals surface area contributed by atoms with Gasteiger partial charge in [-0.25, -0.2) is 8.42 Å². The Morgan fingerprint density at radius 3 is 2.34 bits per heavy atom. The zero-order valence-corrected chi connectivity index (χ0v) is 17.9. The summed E-state index contributed by atoms with van der Waals surface area (Å²) < 4.78 is 27.9. The molecule has 0 saturated carbocycles. The van der Waals surface area contributed by atoms with E-state index in [1.807, 2.05) is 24.0 Å². The molecule has 2 aromatic carbocycles. The summed E-state index contributed by atoms with van der Waals surface area (Å²) in [6, 6.07) is 15.7. The average molecular weight is 416 g/mol. The van der Waals surface area contributed by atoms with E-state index >= 15 is 0 Å². The zero-order valence-electron chi connectivity index (χ0n) is 17.1. The molecule has 0 radical (unpaired) electrons. The average Bonchev–Trinajstić information content (AvgIpc) is 2.94. The van der Waals surface area contributed by atoms with Crippen LogP contribution in [0.3, 0.4) is 0 Å². The minimum absolute atomic E-state index is 0.000623. The van der Waals surface area contributed by atoms with Crippen molar-refractivity contribution in [2.75, 3.05) is 44.1 Å². The summed E-state index contributed by atoms with van der Waals surface area (Å²) >= 11 is 0. The fourth-order valence-corrected chi connectivity index (χ4v) is 4.96. The van der Waals surface area contributed by atoms with Crippen LogP contribution < -0.4 is 4.31 Å². The highest BCUT2D eigenvalue weighted by molar-refractivity contribution is 7.92. The van der Waals surface area contributed by atoms with Gasteiger partial charge >= 0.3 is 0 Å². The number of hydrogen-bond donors (Lipinski definition) is 0. The van der Waals surface area contributed by atoms with Crippen molar-refractivity contribution in [3.05, 3.63) is 60.2 Å². The van der Waals surface area contributed by atoms with Crippen molar-refractivity contribution in [3.63, 3.8) is 0 Å². The lowest BCUT2D eigenvalue weighted by atomic mass is 10.2. The number of benzene rings is 2. The molecule has 1 fully saturated rings. The highest BCUT2D eigenvalue weighted by Crippen LogP contribution is 2.24. The number of carbonyl (C=O) groups excluding carboxylic acids is 1. The lowest BCUT2D eigenvalue weighted by molar-refractivity contribution is -0.130. The van der Waals surface area contributed by atoms with Crippen LogP contribution in [0.15, 0.2) is 59.5 Å². The summed E-state index contributed by atoms with van der Waals surface area (Å²) in [5.74, 6) is 0.000623. The maximum Gasteiger partial charge on any atom is 0.264 e. The molecule has 1 aliphatic heterocycles. The van der Waals surface area contributed by atoms with E-state index in [0.29, 0.717) is 12.2 Å². The first kappa shape index (κ1) is 21.3. The summed E-state index contributed by atoms with van der Waals surface area (Å²) in [5, 5.41) is 0. The summed E-state index contributed by atoms with van der Waals surface area (Å²) in [6.07, 6.45) is 1.09. The third-order valence-electron chi connectivity index (χ3n) is 5.25. The van der Waals surface area contributed by atoms with Gasteiger partial charge in [-0.1, -0.05) is 35.9 Å². The number of likely N-dealkylation sites (N-methyl/N-ethyl adjacent to an activating group) is 1. The lowest BCUT2D eigenvalue weighted by Crippen LogP contribution is -2.38. The van der Waals surface area contributed by atoms with Crippen LogP contribution in [0.4, 0.5) is 5.69 Å². The van der Waals surface area contributed by atoms with E-state index in [4.69, 9.17) is 0 Å². The van der Waals surface area contributed by atoms with Gasteiger partial charge in [0.05, 0.1) is 10.6 Å². The lowest BCUT2D eigenvalue weighted by Gasteiger charge is -2.26. The fourth-order valence-electron chi connectivity index (χ4n) is 3.47. The Morgan fingerprint density at radius 1 is 0.966 bits per heavy atom. The monoisotopic (exact) mass is 415 g/mol. The van der Waals surface area contributed by atoms with Gasteiger partial charge in [-0.15, -0.1) is 0 Å². The smallest absolute Gasteiger partial charge is 0.264 e. The van der Waals surface area contributed by atoms with Gasteiger partial charge in [0.15, 0.2) is 0 Å². The molecule has 156 valence electrons. The van der Waals surface area contributed by atoms with Crippen molar-refractivity contribution in [2.24, 2.45) is 0 Å². The SMILES string of the molecule is Cc1ccc(N(CCC(=O)N2CCCN(C)CC2)S(=O)(=O)c2ccccc2)cc1. The Labute approximate surface area is 173 Å². The number of hydrogen-bond acceptors (Lipinski definition) is 4. The summed E-state index contributed by atoms with van der Waals surface area (Å²) in [4.78, 5) is 17.1. The van der Waals surface area contributed by atoms with Crippen LogP contribution in [0.2, 0.25) is 0 Å². The van der Waals surface area contributed by atoms with Crippen molar-refractivity contribution in [2.45, 2.75) is 24.7 Å². The molecule has 0 aromatic heterocycles. The molecular weight excluding hydrogens is 386 g/mol. The van der Waals surface area contributed by atoms with Crippen molar-refractivity contribution >= 4 is 21.6 Å². The van der Waals surface area contributed by atoms with Crippen molar-refractivity contribution in [1.29, 1.82) is 0 Å². The van der Waals surface area contributed by atoms with Gasteiger partial charge < -0.3 is 9.80 Å². The molecular formula is C22H29N3O3S. The Balaban J connectivity index is 1.80. The van der Waals surface area contributed by atoms with E-state index in [0.717, 1.165) is 31.6 Å². The van der Waals surface area contributed by atoms with Crippen LogP contribution in [0, 0.1) is 6.92 Å². The molecule has 1 aliphatic rings. The van der Waals surface area contributed by atoms with Gasteiger partial charge in [-0.2, -0.15) is 0 Å². The molecule has 0 spiro atoms. The molecule has 1 heterocycles. The highest BCUT2D eigenvalue weighted by Gasteiger charge is 2.26. The standard InChI is InChI=1S/C22H29N3O3S/c1-19-9-11-20(12-10-19)25(29(27,28)21-7-4-3-5-8-21)16-13-22(26)24-15-6-14-23(2)17-18-24/h3-5,7-12H,6,13-18H2,1-2H3. The van der Waals surface area contributed by atoms with Crippen LogP contribution in [0.5, 0.6) is 0 Å². The molecule has 0 N–H and O–H groups in total. The molecule has 2 aromatic rings. The predicted octanol–water partition coefficient (Wildman–Crippen LogP) is 2.74. The van der Waals surface area contributed by atoms with Crippen LogP contribution in [0.25, 0.3) is 0 Å². The number of rotatable bonds is 6. The number of anilines is 1. The van der Waals surface area contributed by atoms with E-state index in [-0.39, 0.29) is 23.8 Å². The van der Waals surface area contributed by atoms with Crippen LogP contribution in [0.1, 0.15) is 18.4 Å². The van der Waals surface area contributed by atoms with Gasteiger partial charge in [-0.05, 0) is 51.2 Å². The first-order valence-corrected chi connectivity index (χ1v) is 11.4. The Hall–Kier alpha value is -2.38. The highest BCUT2D eigenvalue weighted by atomic mass is 32.2. The first-order chi connectivity index (χ1) is 13.9. The third kappa shape index (κ3) is 5.36. The van der Waals surface area contributed by atoms with E-state index in [9.17, 15) is 13.2 Å². The summed E-state index contributed by atoms with van der Waals surface area (Å²) in [7, 11) is -1.70. The molecule has 0 atom stereocenters. The second kappa shape index (κ2) is 9.41. The Bertz CT molecular complexity index is 914. The third-order valence-corrected chi connectivity index (χ3v) is 7.10. The first-order valence-electron chi connectivity index (χ1n) is 9.99. The fraction of sp³-hybridized carbons (Fsp3) is 0.409. The van der Waals surface area contributed by atoms with Crippen LogP contribution in [-0.2, 0) is 14.8 Å². The maximum atomic E-state index is 13.3. The Kier molecular flexibility index (Phi) is 6.92. The number of carbonyl (C=O) groups is 1. The van der Waals surface area contributed by atoms with E-state index in [1.54, 1.807) is 42.5 Å². The van der Waals surface area contributed by atoms with Gasteiger partial charge in [0.1, 0.15) is 0 Å². The normalized spacial score (nSPS) is 15.7. The molecule has 0 aliphatic carbocycles. The van der Waals surface area contributed by atoms with E-state index in [2.05, 4.69) is 11.9 Å². The van der Waals surface area contributed by atoms with Crippen LogP contribution in [-0.4, -0.2) is 63.9 Å². The van der Waals surface area contributed by atoms with Gasteiger partial charge in [0, 0.05) is 32.6 Å². The van der Waals surface area contributed by atoms with Crippen LogP contribution >= 0.6 is 0 Å². The van der Waals surface area contributed by atoms with E-state index < -0.39 is 10.0 Å². The Morgan fingerprint density at radius 2 is 1.66 bits per heavy atom. The largest absolute Gasteiger partial charge is 0.341 e. The van der Waals surface area contributed by atoms with Gasteiger partial charge in [-0.3, -0.25) is 9.10 Å². The molecule has 6 nitrogen and oxygen atoms in total. The van der Waals surface area contributed by atoms with Crippen molar-refractivity contribution in [3.8, 4) is 0 Å². The minimum atomic E-state index is -3.75. The predicted molar refractivity (Wildman–Crippen MR) is 115 cm³/mol. The van der Waals surface area contributed by atoms with E-state index in [1.165, 1.54) is 4.31 Å². The van der Waals surface area contributed by atoms with Gasteiger partial charge in [0.2, 0.25) is 5.91 Å². The molecule has 3 rings (SSSR count). The zero-order chi connectivity index (χ0) is 20.9. The van der Waals surface area contributed by atoms with Gasteiger partial charge in [0.25, 0.3) is 10.0 Å². The summed E-state index contributed by atoms with van der Waals surface area (Å²) in [5.41, 5.74) is 1.62.